The van der Waals surface area contributed by atoms with Crippen LogP contribution in [0.2, 0.25) is 0 Å². The second-order valence-electron chi connectivity index (χ2n) is 6.26. The number of benzene rings is 1. The molecule has 0 atom stereocenters. The lowest BCUT2D eigenvalue weighted by Gasteiger charge is -2.37. The molecular formula is C17H22N2O4. The fraction of sp³-hybridized carbons (Fsp3) is 0.588. The Labute approximate surface area is 135 Å². The lowest BCUT2D eigenvalue weighted by atomic mass is 9.89. The van der Waals surface area contributed by atoms with Gasteiger partial charge in [0.1, 0.15) is 0 Å². The Hall–Kier alpha value is -1.95. The van der Waals surface area contributed by atoms with Gasteiger partial charge in [-0.05, 0) is 36.5 Å². The van der Waals surface area contributed by atoms with E-state index < -0.39 is 0 Å². The smallest absolute Gasteiger partial charge is 0.320 e. The number of morpholine rings is 1. The number of likely N-dealkylation sites (tertiary alicyclic amines) is 1. The zero-order chi connectivity index (χ0) is 15.6. The average Bonchev–Trinajstić information content (AvgIpc) is 3.10. The van der Waals surface area contributed by atoms with Gasteiger partial charge in [-0.1, -0.05) is 6.07 Å². The molecule has 124 valence electrons. The molecule has 3 aliphatic rings. The highest BCUT2D eigenvalue weighted by atomic mass is 16.7. The molecule has 0 spiro atoms. The van der Waals surface area contributed by atoms with Crippen LogP contribution in [0.3, 0.4) is 0 Å². The van der Waals surface area contributed by atoms with Crippen LogP contribution in [0.25, 0.3) is 0 Å². The van der Waals surface area contributed by atoms with Gasteiger partial charge in [0.15, 0.2) is 11.5 Å². The van der Waals surface area contributed by atoms with Gasteiger partial charge in [-0.25, -0.2) is 4.79 Å². The van der Waals surface area contributed by atoms with E-state index in [2.05, 4.69) is 12.1 Å². The van der Waals surface area contributed by atoms with Crippen LogP contribution in [-0.2, 0) is 4.74 Å². The van der Waals surface area contributed by atoms with Gasteiger partial charge in [-0.15, -0.1) is 0 Å². The highest BCUT2D eigenvalue weighted by molar-refractivity contribution is 5.74. The minimum absolute atomic E-state index is 0.164. The number of nitrogens with zero attached hydrogens (tertiary/aromatic N) is 2. The van der Waals surface area contributed by atoms with E-state index in [1.807, 2.05) is 15.9 Å². The summed E-state index contributed by atoms with van der Waals surface area (Å²) in [5.74, 6) is 2.15. The lowest BCUT2D eigenvalue weighted by molar-refractivity contribution is 0.0411. The van der Waals surface area contributed by atoms with Crippen molar-refractivity contribution in [3.8, 4) is 11.5 Å². The fourth-order valence-corrected chi connectivity index (χ4v) is 3.53. The van der Waals surface area contributed by atoms with Gasteiger partial charge in [-0.2, -0.15) is 0 Å². The summed E-state index contributed by atoms with van der Waals surface area (Å²) in [5.41, 5.74) is 1.28. The first kappa shape index (κ1) is 14.6. The molecule has 0 unspecified atom stereocenters. The number of hydrogen-bond donors (Lipinski definition) is 0. The molecule has 1 aromatic rings. The van der Waals surface area contributed by atoms with Crippen LogP contribution in [0.4, 0.5) is 4.79 Å². The highest BCUT2D eigenvalue weighted by Gasteiger charge is 2.28. The van der Waals surface area contributed by atoms with Gasteiger partial charge >= 0.3 is 6.03 Å². The number of urea groups is 1. The maximum Gasteiger partial charge on any atom is 0.320 e. The van der Waals surface area contributed by atoms with Crippen molar-refractivity contribution in [3.63, 3.8) is 0 Å². The average molecular weight is 318 g/mol. The van der Waals surface area contributed by atoms with Crippen LogP contribution >= 0.6 is 0 Å². The predicted molar refractivity (Wildman–Crippen MR) is 83.9 cm³/mol. The summed E-state index contributed by atoms with van der Waals surface area (Å²) < 4.78 is 16.1. The van der Waals surface area contributed by atoms with Crippen molar-refractivity contribution in [2.45, 2.75) is 18.8 Å². The number of hydrogen-bond acceptors (Lipinski definition) is 4. The molecule has 0 aromatic heterocycles. The Morgan fingerprint density at radius 1 is 0.957 bits per heavy atom. The van der Waals surface area contributed by atoms with E-state index in [1.165, 1.54) is 5.56 Å². The molecule has 3 heterocycles. The highest BCUT2D eigenvalue weighted by Crippen LogP contribution is 2.37. The molecule has 23 heavy (non-hydrogen) atoms. The fourth-order valence-electron chi connectivity index (χ4n) is 3.53. The van der Waals surface area contributed by atoms with Crippen LogP contribution in [0.15, 0.2) is 18.2 Å². The topological polar surface area (TPSA) is 51.2 Å². The number of piperidine rings is 1. The maximum atomic E-state index is 12.5. The van der Waals surface area contributed by atoms with E-state index in [1.54, 1.807) is 0 Å². The molecule has 2 amide bonds. The summed E-state index contributed by atoms with van der Waals surface area (Å²) in [6.07, 6.45) is 1.99. The molecule has 4 rings (SSSR count). The van der Waals surface area contributed by atoms with Crippen molar-refractivity contribution in [2.24, 2.45) is 0 Å². The molecule has 2 fully saturated rings. The number of rotatable bonds is 1. The van der Waals surface area contributed by atoms with Gasteiger partial charge in [0, 0.05) is 26.2 Å². The van der Waals surface area contributed by atoms with Crippen molar-refractivity contribution in [1.29, 1.82) is 0 Å². The van der Waals surface area contributed by atoms with Crippen molar-refractivity contribution in [1.82, 2.24) is 9.80 Å². The minimum Gasteiger partial charge on any atom is -0.454 e. The lowest BCUT2D eigenvalue weighted by Crippen LogP contribution is -2.50. The number of carbonyl (C=O) groups excluding carboxylic acids is 1. The zero-order valence-electron chi connectivity index (χ0n) is 13.2. The Kier molecular flexibility index (Phi) is 3.99. The summed E-state index contributed by atoms with van der Waals surface area (Å²) in [7, 11) is 0. The second kappa shape index (κ2) is 6.28. The monoisotopic (exact) mass is 318 g/mol. The SMILES string of the molecule is O=C(N1CCOCC1)N1CCC(c2ccc3c(c2)OCO3)CC1. The molecule has 2 saturated heterocycles. The summed E-state index contributed by atoms with van der Waals surface area (Å²) in [6.45, 7) is 4.66. The Morgan fingerprint density at radius 3 is 2.43 bits per heavy atom. The number of amides is 2. The molecule has 1 aromatic carbocycles. The van der Waals surface area contributed by atoms with E-state index >= 15 is 0 Å². The molecule has 0 bridgehead atoms. The molecule has 6 nitrogen and oxygen atoms in total. The van der Waals surface area contributed by atoms with Gasteiger partial charge in [0.2, 0.25) is 6.79 Å². The van der Waals surface area contributed by atoms with E-state index in [-0.39, 0.29) is 6.03 Å². The quantitative estimate of drug-likeness (QED) is 0.795. The van der Waals surface area contributed by atoms with Gasteiger partial charge in [0.05, 0.1) is 13.2 Å². The van der Waals surface area contributed by atoms with E-state index in [9.17, 15) is 4.79 Å². The third kappa shape index (κ3) is 2.95. The van der Waals surface area contributed by atoms with E-state index in [0.29, 0.717) is 39.0 Å². The third-order valence-electron chi connectivity index (χ3n) is 4.92. The van der Waals surface area contributed by atoms with Crippen molar-refractivity contribution in [3.05, 3.63) is 23.8 Å². The maximum absolute atomic E-state index is 12.5. The second-order valence-corrected chi connectivity index (χ2v) is 6.26. The minimum atomic E-state index is 0.164. The largest absolute Gasteiger partial charge is 0.454 e. The standard InChI is InChI=1S/C17H22N2O4/c20-17(19-7-9-21-10-8-19)18-5-3-13(4-6-18)14-1-2-15-16(11-14)23-12-22-15/h1-2,11,13H,3-10,12H2. The van der Waals surface area contributed by atoms with Crippen molar-refractivity contribution in [2.75, 3.05) is 46.2 Å². The molecule has 0 radical (unpaired) electrons. The van der Waals surface area contributed by atoms with Crippen LogP contribution < -0.4 is 9.47 Å². The number of carbonyl (C=O) groups is 1. The summed E-state index contributed by atoms with van der Waals surface area (Å²) in [6, 6.07) is 6.37. The van der Waals surface area contributed by atoms with Gasteiger partial charge in [-0.3, -0.25) is 0 Å². The molecule has 6 heteroatoms. The zero-order valence-corrected chi connectivity index (χ0v) is 13.2. The van der Waals surface area contributed by atoms with Crippen LogP contribution in [-0.4, -0.2) is 62.0 Å². The van der Waals surface area contributed by atoms with Gasteiger partial charge < -0.3 is 24.0 Å². The first-order valence-electron chi connectivity index (χ1n) is 8.32. The number of ether oxygens (including phenoxy) is 3. The van der Waals surface area contributed by atoms with Crippen LogP contribution in [0.5, 0.6) is 11.5 Å². The molecule has 0 aliphatic carbocycles. The first-order valence-corrected chi connectivity index (χ1v) is 8.32. The van der Waals surface area contributed by atoms with Crippen LogP contribution in [0, 0.1) is 0 Å². The van der Waals surface area contributed by atoms with Crippen molar-refractivity contribution >= 4 is 6.03 Å². The molecule has 0 N–H and O–H groups in total. The predicted octanol–water partition coefficient (Wildman–Crippen LogP) is 2.05. The summed E-state index contributed by atoms with van der Waals surface area (Å²) in [5, 5.41) is 0. The first-order chi connectivity index (χ1) is 11.3. The van der Waals surface area contributed by atoms with Crippen molar-refractivity contribution < 1.29 is 19.0 Å². The molecule has 0 saturated carbocycles. The summed E-state index contributed by atoms with van der Waals surface area (Å²) in [4.78, 5) is 16.4. The third-order valence-corrected chi connectivity index (χ3v) is 4.92. The Balaban J connectivity index is 1.36. The Bertz CT molecular complexity index is 578. The summed E-state index contributed by atoms with van der Waals surface area (Å²) >= 11 is 0. The Morgan fingerprint density at radius 2 is 1.65 bits per heavy atom. The van der Waals surface area contributed by atoms with E-state index in [0.717, 1.165) is 37.4 Å². The number of fused-ring (bicyclic) bond motifs is 1. The van der Waals surface area contributed by atoms with Crippen LogP contribution in [0.1, 0.15) is 24.3 Å². The molecular weight excluding hydrogens is 296 g/mol. The van der Waals surface area contributed by atoms with Gasteiger partial charge in [0.25, 0.3) is 0 Å². The molecule has 3 aliphatic heterocycles. The van der Waals surface area contributed by atoms with E-state index in [4.69, 9.17) is 14.2 Å². The normalized spacial score (nSPS) is 21.6.